The van der Waals surface area contributed by atoms with Gasteiger partial charge in [0.05, 0.1) is 11.0 Å². The summed E-state index contributed by atoms with van der Waals surface area (Å²) in [5.74, 6) is 1.84. The van der Waals surface area contributed by atoms with Crippen molar-refractivity contribution in [1.29, 1.82) is 0 Å². The van der Waals surface area contributed by atoms with E-state index in [9.17, 15) is 0 Å². The van der Waals surface area contributed by atoms with Crippen LogP contribution in [0.1, 0.15) is 25.0 Å². The lowest BCUT2D eigenvalue weighted by atomic mass is 9.82. The molecule has 0 fully saturated rings. The summed E-state index contributed by atoms with van der Waals surface area (Å²) < 4.78 is 2.21. The number of hydrogen-bond acceptors (Lipinski definition) is 4. The Kier molecular flexibility index (Phi) is 8.44. The van der Waals surface area contributed by atoms with Crippen LogP contribution < -0.4 is 4.90 Å². The maximum Gasteiger partial charge on any atom is 0.238 e. The van der Waals surface area contributed by atoms with E-state index in [4.69, 9.17) is 15.0 Å². The average Bonchev–Trinajstić information content (AvgIpc) is 3.80. The average molecular weight is 808 g/mol. The summed E-state index contributed by atoms with van der Waals surface area (Å²) in [5, 5.41) is 4.68. The molecular weight excluding hydrogens is 767 g/mol. The Bertz CT molecular complexity index is 3460. The molecule has 0 saturated heterocycles. The lowest BCUT2D eigenvalue weighted by Gasteiger charge is -2.28. The molecular formula is C58H41N5. The van der Waals surface area contributed by atoms with E-state index in [-0.39, 0.29) is 5.41 Å². The largest absolute Gasteiger partial charge is 0.310 e. The molecule has 0 bridgehead atoms. The Morgan fingerprint density at radius 2 is 0.968 bits per heavy atom. The van der Waals surface area contributed by atoms with E-state index >= 15 is 0 Å². The first kappa shape index (κ1) is 36.7. The first-order chi connectivity index (χ1) is 31.0. The SMILES string of the molecule is CC1(C)c2ccccc2-c2ccc(N(c3ccccc3)c3ccc(-c4ccc5c(c4)c4c6ccccc6ccc4n5-c4nc(-c5ccccc5)nc(-c5ccccc5)n4)cc3)cc21. The lowest BCUT2D eigenvalue weighted by Crippen LogP contribution is -2.16. The highest BCUT2D eigenvalue weighted by Gasteiger charge is 2.35. The predicted molar refractivity (Wildman–Crippen MR) is 260 cm³/mol. The van der Waals surface area contributed by atoms with Gasteiger partial charge in [-0.1, -0.05) is 172 Å². The van der Waals surface area contributed by atoms with Crippen molar-refractivity contribution in [2.45, 2.75) is 19.3 Å². The third kappa shape index (κ3) is 6.04. The Balaban J connectivity index is 0.998. The number of nitrogens with zero attached hydrogens (tertiary/aromatic N) is 5. The highest BCUT2D eigenvalue weighted by Crippen LogP contribution is 2.50. The summed E-state index contributed by atoms with van der Waals surface area (Å²) in [6, 6.07) is 75.6. The number of aromatic nitrogens is 4. The van der Waals surface area contributed by atoms with Gasteiger partial charge < -0.3 is 4.90 Å². The quantitative estimate of drug-likeness (QED) is 0.161. The summed E-state index contributed by atoms with van der Waals surface area (Å²) in [5.41, 5.74) is 14.8. The minimum absolute atomic E-state index is 0.0981. The van der Waals surface area contributed by atoms with E-state index in [1.807, 2.05) is 36.4 Å². The minimum atomic E-state index is -0.0981. The molecule has 0 spiro atoms. The van der Waals surface area contributed by atoms with E-state index in [2.05, 4.69) is 199 Å². The van der Waals surface area contributed by atoms with Crippen molar-refractivity contribution in [3.05, 3.63) is 223 Å². The molecule has 0 radical (unpaired) electrons. The van der Waals surface area contributed by atoms with Crippen molar-refractivity contribution < 1.29 is 0 Å². The maximum absolute atomic E-state index is 5.18. The first-order valence-electron chi connectivity index (χ1n) is 21.5. The monoisotopic (exact) mass is 807 g/mol. The summed E-state index contributed by atoms with van der Waals surface area (Å²) in [6.45, 7) is 4.68. The normalized spacial score (nSPS) is 12.7. The second kappa shape index (κ2) is 14.5. The van der Waals surface area contributed by atoms with Gasteiger partial charge in [-0.3, -0.25) is 4.57 Å². The van der Waals surface area contributed by atoms with E-state index in [1.165, 1.54) is 38.4 Å². The van der Waals surface area contributed by atoms with Crippen molar-refractivity contribution in [2.24, 2.45) is 0 Å². The van der Waals surface area contributed by atoms with Crippen LogP contribution in [0.3, 0.4) is 0 Å². The summed E-state index contributed by atoms with van der Waals surface area (Å²) >= 11 is 0. The molecule has 12 rings (SSSR count). The summed E-state index contributed by atoms with van der Waals surface area (Å²) in [4.78, 5) is 17.7. The van der Waals surface area contributed by atoms with Crippen molar-refractivity contribution in [3.8, 4) is 51.0 Å². The lowest BCUT2D eigenvalue weighted by molar-refractivity contribution is 0.660. The van der Waals surface area contributed by atoms with Gasteiger partial charge in [-0.05, 0) is 98.8 Å². The Labute approximate surface area is 366 Å². The van der Waals surface area contributed by atoms with Crippen molar-refractivity contribution >= 4 is 49.6 Å². The van der Waals surface area contributed by atoms with Crippen LogP contribution in [0.4, 0.5) is 17.1 Å². The van der Waals surface area contributed by atoms with Gasteiger partial charge in [0.15, 0.2) is 11.6 Å². The molecule has 5 heteroatoms. The van der Waals surface area contributed by atoms with E-state index in [0.717, 1.165) is 55.7 Å². The smallest absolute Gasteiger partial charge is 0.238 e. The molecule has 11 aromatic rings. The molecule has 63 heavy (non-hydrogen) atoms. The number of benzene rings is 9. The van der Waals surface area contributed by atoms with Crippen LogP contribution in [0, 0.1) is 0 Å². The minimum Gasteiger partial charge on any atom is -0.310 e. The summed E-state index contributed by atoms with van der Waals surface area (Å²) in [6.07, 6.45) is 0. The number of para-hydroxylation sites is 1. The maximum atomic E-state index is 5.18. The molecule has 2 aromatic heterocycles. The van der Waals surface area contributed by atoms with Gasteiger partial charge in [-0.25, -0.2) is 4.98 Å². The van der Waals surface area contributed by atoms with Gasteiger partial charge in [0, 0.05) is 44.4 Å². The molecule has 1 aliphatic rings. The van der Waals surface area contributed by atoms with Crippen LogP contribution in [-0.2, 0) is 5.41 Å². The second-order valence-electron chi connectivity index (χ2n) is 16.9. The molecule has 1 aliphatic carbocycles. The van der Waals surface area contributed by atoms with Crippen LogP contribution in [0.5, 0.6) is 0 Å². The molecule has 0 saturated carbocycles. The topological polar surface area (TPSA) is 46.8 Å². The van der Waals surface area contributed by atoms with Crippen LogP contribution in [0.25, 0.3) is 83.6 Å². The number of fused-ring (bicyclic) bond motifs is 8. The number of rotatable bonds is 7. The number of hydrogen-bond donors (Lipinski definition) is 0. The Morgan fingerprint density at radius 3 is 1.70 bits per heavy atom. The molecule has 0 N–H and O–H groups in total. The fourth-order valence-corrected chi connectivity index (χ4v) is 9.74. The van der Waals surface area contributed by atoms with Crippen molar-refractivity contribution in [3.63, 3.8) is 0 Å². The molecule has 0 atom stereocenters. The molecule has 0 aliphatic heterocycles. The molecule has 298 valence electrons. The van der Waals surface area contributed by atoms with E-state index < -0.39 is 0 Å². The number of anilines is 3. The fourth-order valence-electron chi connectivity index (χ4n) is 9.74. The fraction of sp³-hybridized carbons (Fsp3) is 0.0517. The molecule has 5 nitrogen and oxygen atoms in total. The third-order valence-electron chi connectivity index (χ3n) is 12.8. The van der Waals surface area contributed by atoms with Crippen molar-refractivity contribution in [1.82, 2.24) is 19.5 Å². The van der Waals surface area contributed by atoms with Crippen LogP contribution >= 0.6 is 0 Å². The van der Waals surface area contributed by atoms with Gasteiger partial charge in [0.2, 0.25) is 5.95 Å². The second-order valence-corrected chi connectivity index (χ2v) is 16.9. The van der Waals surface area contributed by atoms with E-state index in [0.29, 0.717) is 17.6 Å². The van der Waals surface area contributed by atoms with Crippen molar-refractivity contribution in [2.75, 3.05) is 4.90 Å². The van der Waals surface area contributed by atoms with Gasteiger partial charge >= 0.3 is 0 Å². The van der Waals surface area contributed by atoms with Gasteiger partial charge in [0.1, 0.15) is 0 Å². The zero-order valence-electron chi connectivity index (χ0n) is 34.9. The molecule has 0 amide bonds. The zero-order chi connectivity index (χ0) is 42.1. The van der Waals surface area contributed by atoms with Crippen LogP contribution in [-0.4, -0.2) is 19.5 Å². The van der Waals surface area contributed by atoms with Gasteiger partial charge in [-0.2, -0.15) is 9.97 Å². The summed E-state index contributed by atoms with van der Waals surface area (Å²) in [7, 11) is 0. The zero-order valence-corrected chi connectivity index (χ0v) is 34.9. The predicted octanol–water partition coefficient (Wildman–Crippen LogP) is 14.9. The first-order valence-corrected chi connectivity index (χ1v) is 21.5. The molecule has 9 aromatic carbocycles. The Hall–Kier alpha value is -8.15. The Morgan fingerprint density at radius 1 is 0.397 bits per heavy atom. The highest BCUT2D eigenvalue weighted by atomic mass is 15.2. The molecule has 0 unspecified atom stereocenters. The third-order valence-corrected chi connectivity index (χ3v) is 12.8. The standard InChI is InChI=1S/C58H41N5/c1-58(2)50-25-15-14-24-47(50)48-33-32-45(37-51(48)58)62(43-21-10-5-11-22-43)44-30-26-38(27-31-44)42-29-34-52-49(36-42)54-46-23-13-12-16-39(46)28-35-53(54)63(52)57-60-55(40-17-6-3-7-18-40)59-56(61-57)41-19-8-4-9-20-41/h3-37H,1-2H3. The van der Waals surface area contributed by atoms with Gasteiger partial charge in [-0.15, -0.1) is 0 Å². The van der Waals surface area contributed by atoms with Crippen LogP contribution in [0.15, 0.2) is 212 Å². The molecule has 2 heterocycles. The van der Waals surface area contributed by atoms with E-state index in [1.54, 1.807) is 0 Å². The highest BCUT2D eigenvalue weighted by molar-refractivity contribution is 6.21. The van der Waals surface area contributed by atoms with Gasteiger partial charge in [0.25, 0.3) is 0 Å². The van der Waals surface area contributed by atoms with Crippen LogP contribution in [0.2, 0.25) is 0 Å².